The molecule has 7 heteroatoms. The van der Waals surface area contributed by atoms with E-state index in [9.17, 15) is 13.2 Å². The number of methoxy groups -OCH3 is 1. The molecule has 2 aromatic rings. The summed E-state index contributed by atoms with van der Waals surface area (Å²) < 4.78 is 32.7. The van der Waals surface area contributed by atoms with Gasteiger partial charge in [0.05, 0.1) is 13.2 Å². The predicted octanol–water partition coefficient (Wildman–Crippen LogP) is 1.99. The van der Waals surface area contributed by atoms with Gasteiger partial charge in [-0.25, -0.2) is 8.42 Å². The van der Waals surface area contributed by atoms with Crippen LogP contribution in [0.15, 0.2) is 53.4 Å². The zero-order valence-electron chi connectivity index (χ0n) is 14.4. The van der Waals surface area contributed by atoms with Crippen molar-refractivity contribution in [2.75, 3.05) is 7.11 Å². The summed E-state index contributed by atoms with van der Waals surface area (Å²) in [6, 6.07) is 13.3. The molecule has 0 saturated carbocycles. The summed E-state index contributed by atoms with van der Waals surface area (Å²) in [5.74, 6) is -0.172. The lowest BCUT2D eigenvalue weighted by atomic mass is 10.2. The van der Waals surface area contributed by atoms with E-state index in [1.54, 1.807) is 19.1 Å². The van der Waals surface area contributed by atoms with Gasteiger partial charge in [-0.05, 0) is 37.1 Å². The Kier molecular flexibility index (Phi) is 6.17. The molecular formula is C18H22N2O4S. The van der Waals surface area contributed by atoms with Crippen molar-refractivity contribution >= 4 is 15.9 Å². The molecular weight excluding hydrogens is 340 g/mol. The fraction of sp³-hybridized carbons (Fsp3) is 0.278. The summed E-state index contributed by atoms with van der Waals surface area (Å²) in [5.41, 5.74) is 1.72. The van der Waals surface area contributed by atoms with Crippen LogP contribution in [0.25, 0.3) is 0 Å². The Balaban J connectivity index is 2.06. The van der Waals surface area contributed by atoms with E-state index in [1.165, 1.54) is 20.1 Å². The number of carbonyl (C=O) groups is 1. The Morgan fingerprint density at radius 1 is 1.16 bits per heavy atom. The van der Waals surface area contributed by atoms with E-state index in [2.05, 4.69) is 10.0 Å². The van der Waals surface area contributed by atoms with Crippen molar-refractivity contribution in [1.29, 1.82) is 0 Å². The molecule has 0 unspecified atom stereocenters. The molecule has 0 aliphatic heterocycles. The van der Waals surface area contributed by atoms with Gasteiger partial charge in [-0.1, -0.05) is 36.4 Å². The lowest BCUT2D eigenvalue weighted by Gasteiger charge is -2.16. The van der Waals surface area contributed by atoms with Crippen molar-refractivity contribution in [3.8, 4) is 5.75 Å². The maximum atomic E-state index is 12.6. The van der Waals surface area contributed by atoms with Crippen LogP contribution in [0.5, 0.6) is 5.75 Å². The van der Waals surface area contributed by atoms with Crippen molar-refractivity contribution in [3.05, 3.63) is 59.7 Å². The van der Waals surface area contributed by atoms with E-state index in [0.29, 0.717) is 6.54 Å². The molecule has 1 amide bonds. The molecule has 2 aromatic carbocycles. The molecule has 2 N–H and O–H groups in total. The molecule has 0 bridgehead atoms. The van der Waals surface area contributed by atoms with Crippen LogP contribution in [0.3, 0.4) is 0 Å². The molecule has 0 spiro atoms. The fourth-order valence-electron chi connectivity index (χ4n) is 2.28. The molecule has 0 heterocycles. The Hall–Kier alpha value is -2.38. The first kappa shape index (κ1) is 19.0. The largest absolute Gasteiger partial charge is 0.495 e. The van der Waals surface area contributed by atoms with Gasteiger partial charge in [0.1, 0.15) is 10.6 Å². The second-order valence-electron chi connectivity index (χ2n) is 5.70. The molecule has 2 rings (SSSR count). The summed E-state index contributed by atoms with van der Waals surface area (Å²) in [5, 5.41) is 2.72. The maximum absolute atomic E-state index is 12.6. The highest BCUT2D eigenvalue weighted by atomic mass is 32.2. The minimum absolute atomic E-state index is 0.0118. The van der Waals surface area contributed by atoms with E-state index in [1.807, 2.05) is 30.3 Å². The molecule has 0 saturated heterocycles. The van der Waals surface area contributed by atoms with Crippen molar-refractivity contribution in [2.45, 2.75) is 31.3 Å². The number of hydrogen-bond donors (Lipinski definition) is 2. The number of sulfonamides is 1. The Morgan fingerprint density at radius 2 is 1.84 bits per heavy atom. The van der Waals surface area contributed by atoms with Crippen LogP contribution in [0.2, 0.25) is 0 Å². The average Bonchev–Trinajstić information content (AvgIpc) is 2.60. The van der Waals surface area contributed by atoms with Crippen LogP contribution >= 0.6 is 0 Å². The van der Waals surface area contributed by atoms with Crippen molar-refractivity contribution in [3.63, 3.8) is 0 Å². The quantitative estimate of drug-likeness (QED) is 0.789. The van der Waals surface area contributed by atoms with Crippen LogP contribution in [-0.2, 0) is 21.4 Å². The van der Waals surface area contributed by atoms with E-state index in [-0.39, 0.29) is 10.6 Å². The predicted molar refractivity (Wildman–Crippen MR) is 95.8 cm³/mol. The van der Waals surface area contributed by atoms with Gasteiger partial charge in [-0.3, -0.25) is 4.79 Å². The number of ether oxygens (including phenoxy) is 1. The SMILES string of the molecule is COc1ccc(C)cc1S(=O)(=O)N[C@@H](C)C(=O)NCc1ccccc1. The molecule has 0 radical (unpaired) electrons. The zero-order chi connectivity index (χ0) is 18.4. The minimum Gasteiger partial charge on any atom is -0.495 e. The first-order chi connectivity index (χ1) is 11.8. The number of rotatable bonds is 7. The molecule has 0 aromatic heterocycles. The second kappa shape index (κ2) is 8.13. The van der Waals surface area contributed by atoms with E-state index in [0.717, 1.165) is 11.1 Å². The first-order valence-electron chi connectivity index (χ1n) is 7.82. The number of amides is 1. The van der Waals surface area contributed by atoms with Gasteiger partial charge in [0, 0.05) is 6.54 Å². The summed E-state index contributed by atoms with van der Waals surface area (Å²) >= 11 is 0. The maximum Gasteiger partial charge on any atom is 0.244 e. The number of hydrogen-bond acceptors (Lipinski definition) is 4. The molecule has 0 aliphatic rings. The highest BCUT2D eigenvalue weighted by molar-refractivity contribution is 7.89. The minimum atomic E-state index is -3.89. The summed E-state index contributed by atoms with van der Waals surface area (Å²) in [6.07, 6.45) is 0. The van der Waals surface area contributed by atoms with E-state index in [4.69, 9.17) is 4.74 Å². The van der Waals surface area contributed by atoms with Crippen molar-refractivity contribution in [1.82, 2.24) is 10.0 Å². The lowest BCUT2D eigenvalue weighted by Crippen LogP contribution is -2.44. The van der Waals surface area contributed by atoms with E-state index >= 15 is 0 Å². The molecule has 1 atom stereocenters. The number of carbonyl (C=O) groups excluding carboxylic acids is 1. The first-order valence-corrected chi connectivity index (χ1v) is 9.30. The van der Waals surface area contributed by atoms with Gasteiger partial charge in [-0.2, -0.15) is 4.72 Å². The van der Waals surface area contributed by atoms with Gasteiger partial charge in [0.25, 0.3) is 0 Å². The third-order valence-corrected chi connectivity index (χ3v) is 5.21. The van der Waals surface area contributed by atoms with Gasteiger partial charge < -0.3 is 10.1 Å². The highest BCUT2D eigenvalue weighted by Gasteiger charge is 2.25. The fourth-order valence-corrected chi connectivity index (χ4v) is 3.74. The van der Waals surface area contributed by atoms with Crippen LogP contribution in [0.4, 0.5) is 0 Å². The van der Waals surface area contributed by atoms with Crippen LogP contribution in [0, 0.1) is 6.92 Å². The Labute approximate surface area is 148 Å². The Bertz CT molecular complexity index is 835. The number of nitrogens with one attached hydrogen (secondary N) is 2. The summed E-state index contributed by atoms with van der Waals surface area (Å²) in [4.78, 5) is 12.2. The monoisotopic (exact) mass is 362 g/mol. The third kappa shape index (κ3) is 5.04. The van der Waals surface area contributed by atoms with Gasteiger partial charge in [0.2, 0.25) is 15.9 Å². The normalized spacial score (nSPS) is 12.4. The Morgan fingerprint density at radius 3 is 2.48 bits per heavy atom. The van der Waals surface area contributed by atoms with Gasteiger partial charge in [0.15, 0.2) is 0 Å². The molecule has 0 aliphatic carbocycles. The molecule has 134 valence electrons. The standard InChI is InChI=1S/C18H22N2O4S/c1-13-9-10-16(24-3)17(11-13)25(22,23)20-14(2)18(21)19-12-15-7-5-4-6-8-15/h4-11,14,20H,12H2,1-3H3,(H,19,21)/t14-/m0/s1. The van der Waals surface area contributed by atoms with Crippen LogP contribution in [0.1, 0.15) is 18.1 Å². The van der Waals surface area contributed by atoms with Crippen molar-refractivity contribution in [2.24, 2.45) is 0 Å². The number of aryl methyl sites for hydroxylation is 1. The van der Waals surface area contributed by atoms with Crippen molar-refractivity contribution < 1.29 is 17.9 Å². The van der Waals surface area contributed by atoms with Gasteiger partial charge in [-0.15, -0.1) is 0 Å². The average molecular weight is 362 g/mol. The molecule has 6 nitrogen and oxygen atoms in total. The second-order valence-corrected chi connectivity index (χ2v) is 7.38. The van der Waals surface area contributed by atoms with E-state index < -0.39 is 22.0 Å². The lowest BCUT2D eigenvalue weighted by molar-refractivity contribution is -0.122. The number of benzene rings is 2. The summed E-state index contributed by atoms with van der Waals surface area (Å²) in [6.45, 7) is 3.62. The topological polar surface area (TPSA) is 84.5 Å². The van der Waals surface area contributed by atoms with Crippen LogP contribution < -0.4 is 14.8 Å². The zero-order valence-corrected chi connectivity index (χ0v) is 15.3. The smallest absolute Gasteiger partial charge is 0.244 e. The highest BCUT2D eigenvalue weighted by Crippen LogP contribution is 2.24. The molecule has 0 fully saturated rings. The van der Waals surface area contributed by atoms with Crippen LogP contribution in [-0.4, -0.2) is 27.5 Å². The van der Waals surface area contributed by atoms with Gasteiger partial charge >= 0.3 is 0 Å². The summed E-state index contributed by atoms with van der Waals surface area (Å²) in [7, 11) is -2.49. The third-order valence-electron chi connectivity index (χ3n) is 3.64. The molecule has 25 heavy (non-hydrogen) atoms.